The first-order chi connectivity index (χ1) is 16.3. The molecule has 3 heterocycles. The van der Waals surface area contributed by atoms with Gasteiger partial charge in [0.25, 0.3) is 17.5 Å². The molecule has 4 rings (SSSR count). The van der Waals surface area contributed by atoms with E-state index in [-0.39, 0.29) is 34.9 Å². The third-order valence-electron chi connectivity index (χ3n) is 5.64. The molecular formula is C23H24N6O5. The van der Waals surface area contributed by atoms with Gasteiger partial charge in [0.15, 0.2) is 0 Å². The summed E-state index contributed by atoms with van der Waals surface area (Å²) in [5.41, 5.74) is 1.69. The van der Waals surface area contributed by atoms with Gasteiger partial charge < -0.3 is 19.6 Å². The molecule has 1 aromatic carbocycles. The van der Waals surface area contributed by atoms with E-state index in [1.807, 2.05) is 19.1 Å². The number of aromatic nitrogens is 2. The van der Waals surface area contributed by atoms with E-state index in [0.717, 1.165) is 5.69 Å². The molecule has 0 saturated carbocycles. The van der Waals surface area contributed by atoms with E-state index in [0.29, 0.717) is 37.6 Å². The number of benzene rings is 1. The maximum Gasteiger partial charge on any atom is 0.293 e. The van der Waals surface area contributed by atoms with Crippen LogP contribution < -0.4 is 5.32 Å². The minimum Gasteiger partial charge on any atom is -0.371 e. The summed E-state index contributed by atoms with van der Waals surface area (Å²) >= 11 is 0. The standard InChI is InChI=1S/C23H24N6O5/c1-15-13-21(34-26-15)23(31)28-11-9-27(10-12-28)22(30)17-6-7-19(20(14-17)29(32)33)25-16(2)18-5-3-4-8-24-18/h3-8,13-14,16,25H,9-12H2,1-2H3. The number of amides is 2. The van der Waals surface area contributed by atoms with Crippen LogP contribution in [0.5, 0.6) is 0 Å². The number of nitro benzene ring substituents is 1. The molecule has 0 radical (unpaired) electrons. The normalized spacial score (nSPS) is 14.5. The molecule has 2 aromatic heterocycles. The SMILES string of the molecule is Cc1cc(C(=O)N2CCN(C(=O)c3ccc(NC(C)c4ccccn4)c([N+](=O)[O-])c3)CC2)on1. The number of piperazine rings is 1. The van der Waals surface area contributed by atoms with Gasteiger partial charge in [0.1, 0.15) is 5.69 Å². The third-order valence-corrected chi connectivity index (χ3v) is 5.64. The quantitative estimate of drug-likeness (QED) is 0.434. The second-order valence-electron chi connectivity index (χ2n) is 8.03. The summed E-state index contributed by atoms with van der Waals surface area (Å²) in [6.45, 7) is 4.85. The summed E-state index contributed by atoms with van der Waals surface area (Å²) < 4.78 is 5.03. The number of rotatable bonds is 6. The average Bonchev–Trinajstić information content (AvgIpc) is 3.30. The minimum absolute atomic E-state index is 0.163. The highest BCUT2D eigenvalue weighted by atomic mass is 16.6. The van der Waals surface area contributed by atoms with E-state index < -0.39 is 4.92 Å². The summed E-state index contributed by atoms with van der Waals surface area (Å²) in [4.78, 5) is 44.2. The molecule has 1 N–H and O–H groups in total. The number of nitrogens with zero attached hydrogens (tertiary/aromatic N) is 5. The highest BCUT2D eigenvalue weighted by molar-refractivity contribution is 5.96. The number of hydrogen-bond donors (Lipinski definition) is 1. The van der Waals surface area contributed by atoms with Crippen LogP contribution in [0.4, 0.5) is 11.4 Å². The number of aryl methyl sites for hydroxylation is 1. The molecule has 3 aromatic rings. The van der Waals surface area contributed by atoms with Gasteiger partial charge in [-0.3, -0.25) is 24.7 Å². The maximum absolute atomic E-state index is 13.0. The van der Waals surface area contributed by atoms with Gasteiger partial charge in [0.2, 0.25) is 5.76 Å². The van der Waals surface area contributed by atoms with Crippen LogP contribution in [0.3, 0.4) is 0 Å². The topological polar surface area (TPSA) is 135 Å². The second kappa shape index (κ2) is 9.69. The molecule has 0 spiro atoms. The number of carbonyl (C=O) groups excluding carboxylic acids is 2. The zero-order valence-electron chi connectivity index (χ0n) is 18.8. The van der Waals surface area contributed by atoms with Crippen molar-refractivity contribution in [3.05, 3.63) is 81.5 Å². The molecule has 0 bridgehead atoms. The van der Waals surface area contributed by atoms with Crippen LogP contribution in [-0.2, 0) is 0 Å². The van der Waals surface area contributed by atoms with Crippen LogP contribution in [0.25, 0.3) is 0 Å². The molecule has 1 saturated heterocycles. The van der Waals surface area contributed by atoms with Crippen LogP contribution in [-0.4, -0.2) is 62.9 Å². The molecule has 176 valence electrons. The number of nitro groups is 1. The Morgan fingerprint density at radius 1 is 1.09 bits per heavy atom. The van der Waals surface area contributed by atoms with Crippen LogP contribution in [0, 0.1) is 17.0 Å². The van der Waals surface area contributed by atoms with Crippen molar-refractivity contribution in [1.82, 2.24) is 19.9 Å². The predicted molar refractivity (Wildman–Crippen MR) is 122 cm³/mol. The Balaban J connectivity index is 1.43. The summed E-state index contributed by atoms with van der Waals surface area (Å²) in [5.74, 6) is -0.438. The van der Waals surface area contributed by atoms with E-state index in [1.165, 1.54) is 12.1 Å². The Morgan fingerprint density at radius 3 is 2.38 bits per heavy atom. The first kappa shape index (κ1) is 22.9. The zero-order valence-corrected chi connectivity index (χ0v) is 18.8. The van der Waals surface area contributed by atoms with Crippen molar-refractivity contribution in [1.29, 1.82) is 0 Å². The lowest BCUT2D eigenvalue weighted by molar-refractivity contribution is -0.384. The van der Waals surface area contributed by atoms with Crippen molar-refractivity contribution in [2.24, 2.45) is 0 Å². The Kier molecular flexibility index (Phi) is 6.53. The van der Waals surface area contributed by atoms with Gasteiger partial charge in [-0.1, -0.05) is 11.2 Å². The van der Waals surface area contributed by atoms with Crippen molar-refractivity contribution < 1.29 is 19.0 Å². The largest absolute Gasteiger partial charge is 0.371 e. The Hall–Kier alpha value is -4.28. The molecule has 1 unspecified atom stereocenters. The first-order valence-corrected chi connectivity index (χ1v) is 10.8. The fourth-order valence-electron chi connectivity index (χ4n) is 3.79. The van der Waals surface area contributed by atoms with Crippen LogP contribution in [0.1, 0.15) is 45.3 Å². The van der Waals surface area contributed by atoms with E-state index in [2.05, 4.69) is 15.5 Å². The first-order valence-electron chi connectivity index (χ1n) is 10.8. The number of carbonyl (C=O) groups is 2. The smallest absolute Gasteiger partial charge is 0.293 e. The number of nitrogens with one attached hydrogen (secondary N) is 1. The molecule has 1 aliphatic rings. The summed E-state index contributed by atoms with van der Waals surface area (Å²) in [5, 5.41) is 18.5. The van der Waals surface area contributed by atoms with Crippen molar-refractivity contribution in [3.63, 3.8) is 0 Å². The number of hydrogen-bond acceptors (Lipinski definition) is 8. The van der Waals surface area contributed by atoms with Crippen molar-refractivity contribution in [3.8, 4) is 0 Å². The Bertz CT molecular complexity index is 1200. The van der Waals surface area contributed by atoms with Gasteiger partial charge in [-0.15, -0.1) is 0 Å². The van der Waals surface area contributed by atoms with Crippen LogP contribution >= 0.6 is 0 Å². The average molecular weight is 464 g/mol. The predicted octanol–water partition coefficient (Wildman–Crippen LogP) is 3.06. The third kappa shape index (κ3) is 4.87. The molecular weight excluding hydrogens is 440 g/mol. The molecule has 11 nitrogen and oxygen atoms in total. The van der Waals surface area contributed by atoms with Gasteiger partial charge in [0, 0.05) is 50.1 Å². The van der Waals surface area contributed by atoms with Crippen molar-refractivity contribution >= 4 is 23.2 Å². The van der Waals surface area contributed by atoms with Crippen molar-refractivity contribution in [2.75, 3.05) is 31.5 Å². The summed E-state index contributed by atoms with van der Waals surface area (Å²) in [7, 11) is 0. The lowest BCUT2D eigenvalue weighted by Gasteiger charge is -2.34. The lowest BCUT2D eigenvalue weighted by atomic mass is 10.1. The molecule has 0 aliphatic carbocycles. The van der Waals surface area contributed by atoms with Gasteiger partial charge in [-0.25, -0.2) is 0 Å². The molecule has 2 amide bonds. The van der Waals surface area contributed by atoms with Gasteiger partial charge in [-0.05, 0) is 38.1 Å². The van der Waals surface area contributed by atoms with Crippen LogP contribution in [0.2, 0.25) is 0 Å². The highest BCUT2D eigenvalue weighted by Crippen LogP contribution is 2.29. The van der Waals surface area contributed by atoms with Crippen molar-refractivity contribution in [2.45, 2.75) is 19.9 Å². The molecule has 1 aliphatic heterocycles. The van der Waals surface area contributed by atoms with Gasteiger partial charge in [0.05, 0.1) is 22.4 Å². The van der Waals surface area contributed by atoms with E-state index in [4.69, 9.17) is 4.52 Å². The fourth-order valence-corrected chi connectivity index (χ4v) is 3.79. The van der Waals surface area contributed by atoms with E-state index >= 15 is 0 Å². The monoisotopic (exact) mass is 464 g/mol. The summed E-state index contributed by atoms with van der Waals surface area (Å²) in [6.07, 6.45) is 1.66. The minimum atomic E-state index is -0.514. The molecule has 1 atom stereocenters. The Labute approximate surface area is 195 Å². The zero-order chi connectivity index (χ0) is 24.2. The van der Waals surface area contributed by atoms with Gasteiger partial charge >= 0.3 is 0 Å². The fraction of sp³-hybridized carbons (Fsp3) is 0.304. The number of anilines is 1. The highest BCUT2D eigenvalue weighted by Gasteiger charge is 2.28. The molecule has 1 fully saturated rings. The van der Waals surface area contributed by atoms with E-state index in [1.54, 1.807) is 41.1 Å². The molecule has 11 heteroatoms. The Morgan fingerprint density at radius 2 is 1.79 bits per heavy atom. The molecule has 34 heavy (non-hydrogen) atoms. The second-order valence-corrected chi connectivity index (χ2v) is 8.03. The van der Waals surface area contributed by atoms with Crippen LogP contribution in [0.15, 0.2) is 53.2 Å². The van der Waals surface area contributed by atoms with E-state index in [9.17, 15) is 19.7 Å². The summed E-state index contributed by atoms with van der Waals surface area (Å²) in [6, 6.07) is 11.2. The number of pyridine rings is 1. The lowest BCUT2D eigenvalue weighted by Crippen LogP contribution is -2.50. The maximum atomic E-state index is 13.0. The van der Waals surface area contributed by atoms with Gasteiger partial charge in [-0.2, -0.15) is 0 Å².